The lowest BCUT2D eigenvalue weighted by Crippen LogP contribution is -2.30. The molecule has 2 rings (SSSR count). The third kappa shape index (κ3) is 4.04. The van der Waals surface area contributed by atoms with Crippen LogP contribution in [0.25, 0.3) is 0 Å². The van der Waals surface area contributed by atoms with Gasteiger partial charge < -0.3 is 10.1 Å². The first kappa shape index (κ1) is 17.8. The molecule has 8 heteroatoms. The normalized spacial score (nSPS) is 16.3. The van der Waals surface area contributed by atoms with Crippen LogP contribution in [0.2, 0.25) is 0 Å². The smallest absolute Gasteiger partial charge is 0.416 e. The minimum absolute atomic E-state index is 0.165. The Morgan fingerprint density at radius 3 is 2.38 bits per heavy atom. The molecule has 0 atom stereocenters. The molecule has 5 nitrogen and oxygen atoms in total. The second-order valence-electron chi connectivity index (χ2n) is 5.68. The number of alkyl halides is 3. The molecule has 1 aromatic rings. The Balaban J connectivity index is 2.35. The van der Waals surface area contributed by atoms with Gasteiger partial charge in [-0.15, -0.1) is 0 Å². The third-order valence-electron chi connectivity index (χ3n) is 3.72. The van der Waals surface area contributed by atoms with Crippen LogP contribution in [0.3, 0.4) is 0 Å². The highest BCUT2D eigenvalue weighted by atomic mass is 19.4. The van der Waals surface area contributed by atoms with Crippen LogP contribution in [0.4, 0.5) is 18.9 Å². The average molecular weight is 340 g/mol. The molecule has 0 radical (unpaired) electrons. The minimum Gasteiger partial charge on any atom is -0.440 e. The van der Waals surface area contributed by atoms with Crippen molar-refractivity contribution in [3.05, 3.63) is 29.3 Å². The van der Waals surface area contributed by atoms with E-state index in [9.17, 15) is 28.0 Å². The minimum atomic E-state index is -4.69. The second kappa shape index (κ2) is 6.51. The van der Waals surface area contributed by atoms with Crippen LogP contribution in [0.1, 0.15) is 48.5 Å². The first-order valence-corrected chi connectivity index (χ1v) is 7.30. The predicted octanol–water partition coefficient (Wildman–Crippen LogP) is 3.66. The molecule has 1 N–H and O–H groups in total. The van der Waals surface area contributed by atoms with Crippen molar-refractivity contribution in [2.24, 2.45) is 0 Å². The topological polar surface area (TPSA) is 79.2 Å². The van der Waals surface area contributed by atoms with Crippen molar-refractivity contribution in [3.8, 4) is 6.07 Å². The lowest BCUT2D eigenvalue weighted by Gasteiger charge is -2.21. The van der Waals surface area contributed by atoms with Crippen molar-refractivity contribution in [3.63, 3.8) is 0 Å². The molecule has 0 unspecified atom stereocenters. The fourth-order valence-electron chi connectivity index (χ4n) is 2.60. The van der Waals surface area contributed by atoms with Crippen molar-refractivity contribution in [1.29, 1.82) is 5.26 Å². The number of hydrogen-bond acceptors (Lipinski definition) is 4. The van der Waals surface area contributed by atoms with Gasteiger partial charge >= 0.3 is 12.1 Å². The van der Waals surface area contributed by atoms with E-state index < -0.39 is 29.2 Å². The van der Waals surface area contributed by atoms with Gasteiger partial charge in [0.1, 0.15) is 6.07 Å². The Labute approximate surface area is 136 Å². The number of halogens is 3. The zero-order chi connectivity index (χ0) is 18.0. The highest BCUT2D eigenvalue weighted by Crippen LogP contribution is 2.35. The van der Waals surface area contributed by atoms with Gasteiger partial charge in [-0.25, -0.2) is 4.79 Å². The Kier molecular flexibility index (Phi) is 4.83. The number of ether oxygens (including phenoxy) is 1. The number of hydrogen-bond donors (Lipinski definition) is 1. The molecular weight excluding hydrogens is 325 g/mol. The van der Waals surface area contributed by atoms with Crippen LogP contribution in [0.5, 0.6) is 0 Å². The summed E-state index contributed by atoms with van der Waals surface area (Å²) in [5.41, 5.74) is -2.91. The van der Waals surface area contributed by atoms with E-state index in [0.717, 1.165) is 19.1 Å². The first-order chi connectivity index (χ1) is 11.1. The van der Waals surface area contributed by atoms with E-state index in [4.69, 9.17) is 4.74 Å². The lowest BCUT2D eigenvalue weighted by molar-refractivity contribution is -0.137. The summed E-state index contributed by atoms with van der Waals surface area (Å²) in [5, 5.41) is 11.4. The number of carbonyl (C=O) groups is 2. The molecule has 1 fully saturated rings. The summed E-state index contributed by atoms with van der Waals surface area (Å²) < 4.78 is 44.1. The molecule has 0 aromatic heterocycles. The fourth-order valence-corrected chi connectivity index (χ4v) is 2.60. The summed E-state index contributed by atoms with van der Waals surface area (Å²) in [6, 6.07) is 4.41. The highest BCUT2D eigenvalue weighted by Gasteiger charge is 2.39. The molecule has 0 saturated heterocycles. The van der Waals surface area contributed by atoms with Gasteiger partial charge in [-0.2, -0.15) is 18.4 Å². The van der Waals surface area contributed by atoms with Crippen molar-refractivity contribution in [1.82, 2.24) is 0 Å². The number of nitrogens with zero attached hydrogens (tertiary/aromatic N) is 1. The van der Waals surface area contributed by atoms with Crippen molar-refractivity contribution in [2.75, 3.05) is 5.32 Å². The summed E-state index contributed by atoms with van der Waals surface area (Å²) in [7, 11) is 0. The molecule has 1 aliphatic rings. The van der Waals surface area contributed by atoms with Gasteiger partial charge in [0.25, 0.3) is 0 Å². The van der Waals surface area contributed by atoms with Crippen LogP contribution in [-0.4, -0.2) is 17.5 Å². The number of anilines is 1. The van der Waals surface area contributed by atoms with Crippen LogP contribution in [0.15, 0.2) is 18.2 Å². The Hall–Kier alpha value is -2.56. The second-order valence-corrected chi connectivity index (χ2v) is 5.68. The summed E-state index contributed by atoms with van der Waals surface area (Å²) in [6.07, 6.45) is -2.57. The molecular formula is C16H15F3N2O3. The average Bonchev–Trinajstić information content (AvgIpc) is 2.94. The maximum atomic E-state index is 13.0. The largest absolute Gasteiger partial charge is 0.440 e. The van der Waals surface area contributed by atoms with E-state index in [1.807, 2.05) is 6.07 Å². The zero-order valence-corrected chi connectivity index (χ0v) is 12.9. The lowest BCUT2D eigenvalue weighted by atomic mass is 10.0. The third-order valence-corrected chi connectivity index (χ3v) is 3.72. The number of esters is 1. The maximum Gasteiger partial charge on any atom is 0.416 e. The van der Waals surface area contributed by atoms with E-state index in [-0.39, 0.29) is 11.3 Å². The van der Waals surface area contributed by atoms with Crippen molar-refractivity contribution >= 4 is 17.6 Å². The van der Waals surface area contributed by atoms with Gasteiger partial charge in [-0.05, 0) is 31.0 Å². The fraction of sp³-hybridized carbons (Fsp3) is 0.438. The Morgan fingerprint density at radius 1 is 1.25 bits per heavy atom. The molecule has 1 aliphatic carbocycles. The highest BCUT2D eigenvalue weighted by molar-refractivity contribution is 5.94. The molecule has 0 bridgehead atoms. The van der Waals surface area contributed by atoms with Gasteiger partial charge in [0.2, 0.25) is 5.91 Å². The molecule has 128 valence electrons. The van der Waals surface area contributed by atoms with E-state index >= 15 is 0 Å². The Morgan fingerprint density at radius 2 is 1.88 bits per heavy atom. The standard InChI is InChI=1S/C16H15F3N2O3/c1-10(22)21-13-7-11(6-12(8-13)16(17,18)19)14(23)24-15(9-20)4-2-3-5-15/h6-8H,2-5H2,1H3,(H,21,22). The predicted molar refractivity (Wildman–Crippen MR) is 78.0 cm³/mol. The number of amides is 1. The van der Waals surface area contributed by atoms with E-state index in [1.165, 1.54) is 0 Å². The summed E-state index contributed by atoms with van der Waals surface area (Å²) in [5.74, 6) is -1.59. The maximum absolute atomic E-state index is 13.0. The van der Waals surface area contributed by atoms with Gasteiger partial charge in [-0.3, -0.25) is 4.79 Å². The summed E-state index contributed by atoms with van der Waals surface area (Å²) in [4.78, 5) is 23.3. The Bertz CT molecular complexity index is 701. The molecule has 0 aliphatic heterocycles. The van der Waals surface area contributed by atoms with Gasteiger partial charge in [0.15, 0.2) is 5.60 Å². The molecule has 1 saturated carbocycles. The summed E-state index contributed by atoms with van der Waals surface area (Å²) in [6.45, 7) is 1.14. The molecule has 24 heavy (non-hydrogen) atoms. The van der Waals surface area contributed by atoms with E-state index in [1.54, 1.807) is 0 Å². The quantitative estimate of drug-likeness (QED) is 0.852. The molecule has 0 spiro atoms. The number of benzene rings is 1. The first-order valence-electron chi connectivity index (χ1n) is 7.30. The van der Waals surface area contributed by atoms with Crippen molar-refractivity contribution < 1.29 is 27.5 Å². The van der Waals surface area contributed by atoms with Crippen LogP contribution in [-0.2, 0) is 15.7 Å². The van der Waals surface area contributed by atoms with Crippen LogP contribution >= 0.6 is 0 Å². The summed E-state index contributed by atoms with van der Waals surface area (Å²) >= 11 is 0. The number of rotatable bonds is 3. The van der Waals surface area contributed by atoms with Crippen molar-refractivity contribution in [2.45, 2.75) is 44.4 Å². The van der Waals surface area contributed by atoms with E-state index in [0.29, 0.717) is 31.7 Å². The number of nitrogens with one attached hydrogen (secondary N) is 1. The molecule has 1 amide bonds. The number of nitriles is 1. The molecule has 1 aromatic carbocycles. The SMILES string of the molecule is CC(=O)Nc1cc(C(=O)OC2(C#N)CCCC2)cc(C(F)(F)F)c1. The van der Waals surface area contributed by atoms with Gasteiger partial charge in [0, 0.05) is 25.5 Å². The number of carbonyl (C=O) groups excluding carboxylic acids is 2. The van der Waals surface area contributed by atoms with Gasteiger partial charge in [-0.1, -0.05) is 0 Å². The zero-order valence-electron chi connectivity index (χ0n) is 12.9. The van der Waals surface area contributed by atoms with Gasteiger partial charge in [0.05, 0.1) is 11.1 Å². The molecule has 0 heterocycles. The van der Waals surface area contributed by atoms with Crippen LogP contribution in [0, 0.1) is 11.3 Å². The van der Waals surface area contributed by atoms with Crippen LogP contribution < -0.4 is 5.32 Å². The van der Waals surface area contributed by atoms with E-state index in [2.05, 4.69) is 5.32 Å². The monoisotopic (exact) mass is 340 g/mol.